The number of hydrogen-bond acceptors (Lipinski definition) is 10. The van der Waals surface area contributed by atoms with E-state index in [1.54, 1.807) is 48.8 Å². The zero-order valence-electron chi connectivity index (χ0n) is 19.5. The topological polar surface area (TPSA) is 109 Å². The van der Waals surface area contributed by atoms with Crippen molar-refractivity contribution < 1.29 is 19.7 Å². The summed E-state index contributed by atoms with van der Waals surface area (Å²) in [7, 11) is 0. The van der Waals surface area contributed by atoms with Gasteiger partial charge in [-0.25, -0.2) is 20.0 Å². The van der Waals surface area contributed by atoms with Gasteiger partial charge in [0.2, 0.25) is 10.3 Å². The van der Waals surface area contributed by atoms with E-state index in [1.165, 1.54) is 22.7 Å². The summed E-state index contributed by atoms with van der Waals surface area (Å²) >= 11 is 2.95. The molecule has 0 amide bonds. The predicted molar refractivity (Wildman–Crippen MR) is 146 cm³/mol. The van der Waals surface area contributed by atoms with Gasteiger partial charge in [-0.05, 0) is 73.5 Å². The molecule has 0 radical (unpaired) electrons. The van der Waals surface area contributed by atoms with Crippen molar-refractivity contribution in [3.8, 4) is 23.0 Å². The number of aliphatic imine (C=N–C) groups is 2. The third kappa shape index (κ3) is 5.14. The summed E-state index contributed by atoms with van der Waals surface area (Å²) in [5.41, 5.74) is 3.31. The molecule has 8 nitrogen and oxygen atoms in total. The van der Waals surface area contributed by atoms with Crippen LogP contribution in [0.2, 0.25) is 0 Å². The maximum atomic E-state index is 9.86. The first kappa shape index (κ1) is 23.7. The van der Waals surface area contributed by atoms with Crippen LogP contribution in [0.15, 0.2) is 58.5 Å². The molecule has 0 aliphatic carbocycles. The second-order valence-electron chi connectivity index (χ2n) is 7.62. The highest BCUT2D eigenvalue weighted by molar-refractivity contribution is 7.23. The van der Waals surface area contributed by atoms with Crippen LogP contribution in [0.3, 0.4) is 0 Å². The van der Waals surface area contributed by atoms with E-state index in [-0.39, 0.29) is 11.5 Å². The molecule has 10 heteroatoms. The van der Waals surface area contributed by atoms with Crippen LogP contribution in [0.1, 0.15) is 25.0 Å². The first-order valence-corrected chi connectivity index (χ1v) is 12.9. The van der Waals surface area contributed by atoms with Crippen LogP contribution in [0, 0.1) is 0 Å². The highest BCUT2D eigenvalue weighted by Crippen LogP contribution is 2.36. The average Bonchev–Trinajstić information content (AvgIpc) is 3.45. The van der Waals surface area contributed by atoms with Gasteiger partial charge in [0.25, 0.3) is 0 Å². The highest BCUT2D eigenvalue weighted by Gasteiger charge is 2.10. The third-order valence-corrected chi connectivity index (χ3v) is 6.94. The van der Waals surface area contributed by atoms with Gasteiger partial charge in [-0.2, -0.15) is 0 Å². The molecule has 0 saturated carbocycles. The smallest absolute Gasteiger partial charge is 0.210 e. The Hall–Kier alpha value is -4.02. The fourth-order valence-corrected chi connectivity index (χ4v) is 5.11. The van der Waals surface area contributed by atoms with Gasteiger partial charge in [0.05, 0.1) is 33.6 Å². The lowest BCUT2D eigenvalue weighted by atomic mass is 10.2. The Morgan fingerprint density at radius 1 is 0.722 bits per heavy atom. The lowest BCUT2D eigenvalue weighted by Gasteiger charge is -2.05. The molecule has 5 rings (SSSR count). The van der Waals surface area contributed by atoms with Crippen molar-refractivity contribution in [2.75, 3.05) is 13.2 Å². The summed E-state index contributed by atoms with van der Waals surface area (Å²) < 4.78 is 12.8. The quantitative estimate of drug-likeness (QED) is 0.224. The van der Waals surface area contributed by atoms with Gasteiger partial charge in [0, 0.05) is 12.4 Å². The Morgan fingerprint density at radius 3 is 1.58 bits per heavy atom. The van der Waals surface area contributed by atoms with Crippen LogP contribution < -0.4 is 9.47 Å². The average molecular weight is 519 g/mol. The van der Waals surface area contributed by atoms with Crippen LogP contribution in [0.25, 0.3) is 20.4 Å². The van der Waals surface area contributed by atoms with Crippen molar-refractivity contribution in [1.29, 1.82) is 0 Å². The Morgan fingerprint density at radius 2 is 1.17 bits per heavy atom. The van der Waals surface area contributed by atoms with E-state index < -0.39 is 0 Å². The van der Waals surface area contributed by atoms with Crippen molar-refractivity contribution in [2.24, 2.45) is 9.98 Å². The minimum atomic E-state index is 0.101. The second-order valence-corrected chi connectivity index (χ2v) is 9.64. The summed E-state index contributed by atoms with van der Waals surface area (Å²) in [5, 5.41) is 21.0. The van der Waals surface area contributed by atoms with E-state index in [1.807, 2.05) is 26.0 Å². The summed E-state index contributed by atoms with van der Waals surface area (Å²) in [6.07, 6.45) is 3.40. The summed E-state index contributed by atoms with van der Waals surface area (Å²) in [6, 6.07) is 14.2. The number of phenols is 2. The number of hydrogen-bond donors (Lipinski definition) is 2. The molecule has 3 aromatic carbocycles. The van der Waals surface area contributed by atoms with Gasteiger partial charge in [0.15, 0.2) is 23.0 Å². The first-order chi connectivity index (χ1) is 17.5. The molecule has 0 aliphatic rings. The number of phenolic OH excluding ortho intramolecular Hbond substituents is 2. The molecule has 0 unspecified atom stereocenters. The van der Waals surface area contributed by atoms with Gasteiger partial charge in [-0.15, -0.1) is 0 Å². The second kappa shape index (κ2) is 10.3. The van der Waals surface area contributed by atoms with E-state index >= 15 is 0 Å². The molecule has 2 heterocycles. The van der Waals surface area contributed by atoms with Crippen molar-refractivity contribution in [3.63, 3.8) is 0 Å². The molecular formula is C26H22N4O4S2. The van der Waals surface area contributed by atoms with E-state index in [4.69, 9.17) is 9.47 Å². The Bertz CT molecular complexity index is 1440. The highest BCUT2D eigenvalue weighted by atomic mass is 32.1. The van der Waals surface area contributed by atoms with Gasteiger partial charge in [-0.1, -0.05) is 22.7 Å². The number of fused-ring (bicyclic) bond motifs is 2. The molecular weight excluding hydrogens is 496 g/mol. The number of aromatic nitrogens is 2. The number of rotatable bonds is 8. The molecule has 2 N–H and O–H groups in total. The molecule has 36 heavy (non-hydrogen) atoms. The van der Waals surface area contributed by atoms with Crippen molar-refractivity contribution in [3.05, 3.63) is 59.7 Å². The van der Waals surface area contributed by atoms with Crippen LogP contribution >= 0.6 is 22.7 Å². The lowest BCUT2D eigenvalue weighted by Crippen LogP contribution is -1.93. The van der Waals surface area contributed by atoms with Crippen LogP contribution in [-0.2, 0) is 0 Å². The zero-order valence-corrected chi connectivity index (χ0v) is 21.1. The van der Waals surface area contributed by atoms with Crippen LogP contribution in [-0.4, -0.2) is 45.8 Å². The largest absolute Gasteiger partial charge is 0.504 e. The lowest BCUT2D eigenvalue weighted by molar-refractivity contribution is 0.318. The molecule has 0 saturated heterocycles. The van der Waals surface area contributed by atoms with Crippen molar-refractivity contribution >= 4 is 65.8 Å². The Labute approximate surface area is 214 Å². The van der Waals surface area contributed by atoms with Crippen molar-refractivity contribution in [2.45, 2.75) is 13.8 Å². The first-order valence-electron chi connectivity index (χ1n) is 11.2. The Balaban J connectivity index is 1.36. The zero-order chi connectivity index (χ0) is 25.1. The molecule has 182 valence electrons. The minimum absolute atomic E-state index is 0.101. The number of ether oxygens (including phenoxy) is 2. The summed E-state index contributed by atoms with van der Waals surface area (Å²) in [4.78, 5) is 18.3. The molecule has 0 spiro atoms. The number of nitrogens with zero attached hydrogens (tertiary/aromatic N) is 4. The summed E-state index contributed by atoms with van der Waals surface area (Å²) in [5.74, 6) is 1.05. The Kier molecular flexibility index (Phi) is 6.79. The molecule has 5 aromatic rings. The van der Waals surface area contributed by atoms with Gasteiger partial charge >= 0.3 is 0 Å². The van der Waals surface area contributed by atoms with Gasteiger partial charge in [0.1, 0.15) is 0 Å². The monoisotopic (exact) mass is 518 g/mol. The maximum Gasteiger partial charge on any atom is 0.210 e. The van der Waals surface area contributed by atoms with Crippen LogP contribution in [0.4, 0.5) is 10.3 Å². The molecule has 0 fully saturated rings. The molecule has 0 aliphatic heterocycles. The third-order valence-electron chi connectivity index (χ3n) is 5.09. The minimum Gasteiger partial charge on any atom is -0.504 e. The molecule has 0 bridgehead atoms. The fourth-order valence-electron chi connectivity index (χ4n) is 3.46. The molecule has 0 atom stereocenters. The normalized spacial score (nSPS) is 11.8. The van der Waals surface area contributed by atoms with E-state index in [0.29, 0.717) is 35.0 Å². The summed E-state index contributed by atoms with van der Waals surface area (Å²) in [6.45, 7) is 4.67. The van der Waals surface area contributed by atoms with Crippen molar-refractivity contribution in [1.82, 2.24) is 9.97 Å². The number of aromatic hydroxyl groups is 2. The maximum absolute atomic E-state index is 9.86. The van der Waals surface area contributed by atoms with E-state index in [9.17, 15) is 10.2 Å². The predicted octanol–water partition coefficient (Wildman–Crippen LogP) is 6.62. The number of thiazole rings is 2. The van der Waals surface area contributed by atoms with E-state index in [2.05, 4.69) is 20.0 Å². The number of benzene rings is 3. The standard InChI is InChI=1S/C26H22N4O4S2/c1-3-33-21-9-15(5-7-19(21)31)13-27-25-29-17-11-24-18(12-23(17)35-25)30-26(36-24)28-14-16-6-8-20(32)22(10-16)34-4-2/h5-14,31-32H,3-4H2,1-2H3/b27-13+,28-14+. The SMILES string of the molecule is CCOc1cc(/C=N/c2nc3cc4sc(/N=C/c5ccc(O)c(OCC)c5)nc4cc3s2)ccc1O. The van der Waals surface area contributed by atoms with E-state index in [0.717, 1.165) is 31.6 Å². The van der Waals surface area contributed by atoms with Gasteiger partial charge in [-0.3, -0.25) is 0 Å². The van der Waals surface area contributed by atoms with Gasteiger partial charge < -0.3 is 19.7 Å². The van der Waals surface area contributed by atoms with Crippen LogP contribution in [0.5, 0.6) is 23.0 Å². The fraction of sp³-hybridized carbons (Fsp3) is 0.154. The molecule has 2 aromatic heterocycles.